The van der Waals surface area contributed by atoms with E-state index in [0.717, 1.165) is 0 Å². The number of nitriles is 1. The monoisotopic (exact) mass is 219 g/mol. The van der Waals surface area contributed by atoms with Crippen molar-refractivity contribution in [1.82, 2.24) is 4.98 Å². The number of pyridine rings is 1. The minimum absolute atomic E-state index is 0.435. The summed E-state index contributed by atoms with van der Waals surface area (Å²) in [5.41, 5.74) is -0.597. The van der Waals surface area contributed by atoms with E-state index in [9.17, 15) is 4.79 Å². The van der Waals surface area contributed by atoms with Crippen molar-refractivity contribution in [2.45, 2.75) is 25.8 Å². The lowest BCUT2D eigenvalue weighted by Gasteiger charge is -2.25. The standard InChI is InChI=1S/C11H13N3O2/c1-3-11(2,10(15)16)14-9-5-4-8(6-12)7-13-9/h4-5,7H,3H2,1-2H3,(H,13,14)(H,15,16). The number of hydrogen-bond donors (Lipinski definition) is 2. The molecule has 0 saturated carbocycles. The second-order valence-electron chi connectivity index (χ2n) is 3.66. The van der Waals surface area contributed by atoms with Gasteiger partial charge in [-0.05, 0) is 25.5 Å². The number of anilines is 1. The van der Waals surface area contributed by atoms with Crippen LogP contribution in [0, 0.1) is 11.3 Å². The molecule has 0 amide bonds. The third-order valence-corrected chi connectivity index (χ3v) is 2.48. The maximum Gasteiger partial charge on any atom is 0.329 e. The van der Waals surface area contributed by atoms with Gasteiger partial charge in [-0.1, -0.05) is 6.92 Å². The average Bonchev–Trinajstić information content (AvgIpc) is 2.29. The first kappa shape index (κ1) is 12.0. The molecule has 84 valence electrons. The molecule has 5 nitrogen and oxygen atoms in total. The topological polar surface area (TPSA) is 86.0 Å². The van der Waals surface area contributed by atoms with E-state index in [-0.39, 0.29) is 0 Å². The third-order valence-electron chi connectivity index (χ3n) is 2.48. The smallest absolute Gasteiger partial charge is 0.329 e. The number of hydrogen-bond acceptors (Lipinski definition) is 4. The van der Waals surface area contributed by atoms with Crippen LogP contribution in [-0.4, -0.2) is 21.6 Å². The molecule has 0 aliphatic carbocycles. The Morgan fingerprint density at radius 2 is 2.38 bits per heavy atom. The Hall–Kier alpha value is -2.09. The van der Waals surface area contributed by atoms with Crippen LogP contribution in [0.1, 0.15) is 25.8 Å². The number of nitrogens with zero attached hydrogens (tertiary/aromatic N) is 2. The average molecular weight is 219 g/mol. The Balaban J connectivity index is 2.87. The predicted octanol–water partition coefficient (Wildman–Crippen LogP) is 1.62. The number of rotatable bonds is 4. The van der Waals surface area contributed by atoms with E-state index in [1.165, 1.54) is 6.20 Å². The summed E-state index contributed by atoms with van der Waals surface area (Å²) in [6.07, 6.45) is 1.84. The second kappa shape index (κ2) is 4.62. The molecular weight excluding hydrogens is 206 g/mol. The van der Waals surface area contributed by atoms with E-state index in [2.05, 4.69) is 10.3 Å². The molecule has 1 aromatic heterocycles. The van der Waals surface area contributed by atoms with Crippen LogP contribution in [0.4, 0.5) is 5.82 Å². The van der Waals surface area contributed by atoms with Gasteiger partial charge in [-0.25, -0.2) is 9.78 Å². The van der Waals surface area contributed by atoms with Crippen molar-refractivity contribution in [2.75, 3.05) is 5.32 Å². The number of aliphatic carboxylic acids is 1. The van der Waals surface area contributed by atoms with Crippen LogP contribution in [-0.2, 0) is 4.79 Å². The van der Waals surface area contributed by atoms with Gasteiger partial charge in [0.25, 0.3) is 0 Å². The van der Waals surface area contributed by atoms with Gasteiger partial charge < -0.3 is 10.4 Å². The second-order valence-corrected chi connectivity index (χ2v) is 3.66. The van der Waals surface area contributed by atoms with Gasteiger partial charge in [-0.2, -0.15) is 5.26 Å². The van der Waals surface area contributed by atoms with Crippen molar-refractivity contribution in [3.05, 3.63) is 23.9 Å². The van der Waals surface area contributed by atoms with Crippen LogP contribution in [0.3, 0.4) is 0 Å². The summed E-state index contributed by atoms with van der Waals surface area (Å²) in [4.78, 5) is 15.0. The van der Waals surface area contributed by atoms with Gasteiger partial charge in [0.05, 0.1) is 5.56 Å². The minimum atomic E-state index is -1.04. The molecule has 0 spiro atoms. The molecule has 0 fully saturated rings. The molecule has 0 saturated heterocycles. The molecule has 0 bridgehead atoms. The lowest BCUT2D eigenvalue weighted by atomic mass is 9.99. The molecule has 1 heterocycles. The van der Waals surface area contributed by atoms with Crippen LogP contribution in [0.25, 0.3) is 0 Å². The largest absolute Gasteiger partial charge is 0.480 e. The zero-order valence-corrected chi connectivity index (χ0v) is 9.19. The highest BCUT2D eigenvalue weighted by Crippen LogP contribution is 2.17. The highest BCUT2D eigenvalue weighted by molar-refractivity contribution is 5.81. The lowest BCUT2D eigenvalue weighted by Crippen LogP contribution is -2.42. The minimum Gasteiger partial charge on any atom is -0.480 e. The third kappa shape index (κ3) is 2.48. The first-order valence-electron chi connectivity index (χ1n) is 4.89. The Kier molecular flexibility index (Phi) is 3.46. The lowest BCUT2D eigenvalue weighted by molar-refractivity contribution is -0.141. The number of nitrogens with one attached hydrogen (secondary N) is 1. The normalized spacial score (nSPS) is 13.6. The van der Waals surface area contributed by atoms with Crippen molar-refractivity contribution in [1.29, 1.82) is 5.26 Å². The highest BCUT2D eigenvalue weighted by Gasteiger charge is 2.30. The molecule has 1 atom stereocenters. The molecule has 0 radical (unpaired) electrons. The Morgan fingerprint density at radius 1 is 1.69 bits per heavy atom. The molecule has 0 aromatic carbocycles. The Morgan fingerprint density at radius 3 is 2.75 bits per heavy atom. The maximum absolute atomic E-state index is 11.0. The quantitative estimate of drug-likeness (QED) is 0.803. The van der Waals surface area contributed by atoms with Crippen LogP contribution in [0.15, 0.2) is 18.3 Å². The Bertz CT molecular complexity index is 422. The van der Waals surface area contributed by atoms with Crippen molar-refractivity contribution < 1.29 is 9.90 Å². The number of carboxylic acids is 1. The van der Waals surface area contributed by atoms with E-state index in [4.69, 9.17) is 10.4 Å². The summed E-state index contributed by atoms with van der Waals surface area (Å²) in [7, 11) is 0. The summed E-state index contributed by atoms with van der Waals surface area (Å²) >= 11 is 0. The molecule has 0 aliphatic heterocycles. The van der Waals surface area contributed by atoms with Gasteiger partial charge in [-0.3, -0.25) is 0 Å². The number of carboxylic acid groups (broad SMARTS) is 1. The van der Waals surface area contributed by atoms with E-state index in [0.29, 0.717) is 17.8 Å². The van der Waals surface area contributed by atoms with Gasteiger partial charge in [0.1, 0.15) is 17.4 Å². The van der Waals surface area contributed by atoms with Gasteiger partial charge in [-0.15, -0.1) is 0 Å². The molecule has 1 rings (SSSR count). The Labute approximate surface area is 93.7 Å². The van der Waals surface area contributed by atoms with Crippen LogP contribution >= 0.6 is 0 Å². The van der Waals surface area contributed by atoms with Gasteiger partial charge in [0.2, 0.25) is 0 Å². The predicted molar refractivity (Wildman–Crippen MR) is 58.9 cm³/mol. The van der Waals surface area contributed by atoms with Crippen LogP contribution in [0.5, 0.6) is 0 Å². The highest BCUT2D eigenvalue weighted by atomic mass is 16.4. The molecule has 2 N–H and O–H groups in total. The van der Waals surface area contributed by atoms with Gasteiger partial charge in [0, 0.05) is 6.20 Å². The van der Waals surface area contributed by atoms with Crippen molar-refractivity contribution >= 4 is 11.8 Å². The van der Waals surface area contributed by atoms with E-state index in [1.807, 2.05) is 6.07 Å². The molecule has 1 unspecified atom stereocenters. The van der Waals surface area contributed by atoms with Gasteiger partial charge >= 0.3 is 5.97 Å². The van der Waals surface area contributed by atoms with Crippen molar-refractivity contribution in [3.63, 3.8) is 0 Å². The zero-order valence-electron chi connectivity index (χ0n) is 9.19. The van der Waals surface area contributed by atoms with E-state index < -0.39 is 11.5 Å². The molecule has 1 aromatic rings. The summed E-state index contributed by atoms with van der Waals surface area (Å²) in [6, 6.07) is 5.13. The van der Waals surface area contributed by atoms with E-state index >= 15 is 0 Å². The van der Waals surface area contributed by atoms with E-state index in [1.54, 1.807) is 26.0 Å². The summed E-state index contributed by atoms with van der Waals surface area (Å²) in [5, 5.41) is 20.5. The molecule has 0 aliphatic rings. The SMILES string of the molecule is CCC(C)(Nc1ccc(C#N)cn1)C(=O)O. The van der Waals surface area contributed by atoms with Crippen LogP contribution < -0.4 is 5.32 Å². The molecule has 16 heavy (non-hydrogen) atoms. The van der Waals surface area contributed by atoms with Crippen LogP contribution in [0.2, 0.25) is 0 Å². The molecular formula is C11H13N3O2. The zero-order chi connectivity index (χ0) is 12.2. The fourth-order valence-corrected chi connectivity index (χ4v) is 1.11. The molecule has 5 heteroatoms. The summed E-state index contributed by atoms with van der Waals surface area (Å²) in [6.45, 7) is 3.37. The fourth-order valence-electron chi connectivity index (χ4n) is 1.11. The number of aromatic nitrogens is 1. The maximum atomic E-state index is 11.0. The van der Waals surface area contributed by atoms with Crippen molar-refractivity contribution in [3.8, 4) is 6.07 Å². The first-order chi connectivity index (χ1) is 7.51. The fraction of sp³-hybridized carbons (Fsp3) is 0.364. The van der Waals surface area contributed by atoms with Gasteiger partial charge in [0.15, 0.2) is 0 Å². The first-order valence-corrected chi connectivity index (χ1v) is 4.89. The number of carbonyl (C=O) groups is 1. The summed E-state index contributed by atoms with van der Waals surface area (Å²) in [5.74, 6) is -0.480. The summed E-state index contributed by atoms with van der Waals surface area (Å²) < 4.78 is 0. The van der Waals surface area contributed by atoms with Crippen molar-refractivity contribution in [2.24, 2.45) is 0 Å².